The van der Waals surface area contributed by atoms with Crippen molar-refractivity contribution >= 4 is 56.1 Å². The molecule has 23 heavy (non-hydrogen) atoms. The van der Waals surface area contributed by atoms with E-state index in [1.807, 2.05) is 42.7 Å². The molecule has 0 spiro atoms. The van der Waals surface area contributed by atoms with E-state index in [1.165, 1.54) is 16.9 Å². The molecule has 1 amide bonds. The number of amides is 1. The van der Waals surface area contributed by atoms with Gasteiger partial charge in [0.2, 0.25) is 5.91 Å². The number of thioether (sulfide) groups is 2. The Labute approximate surface area is 147 Å². The number of nitrogens with one attached hydrogen (secondary N) is 1. The maximum Gasteiger partial charge on any atom is 0.236 e. The van der Waals surface area contributed by atoms with Crippen LogP contribution in [0.3, 0.4) is 0 Å². The third kappa shape index (κ3) is 4.28. The lowest BCUT2D eigenvalue weighted by Gasteiger charge is -2.02. The van der Waals surface area contributed by atoms with Crippen molar-refractivity contribution in [1.29, 1.82) is 0 Å². The molecule has 1 N–H and O–H groups in total. The lowest BCUT2D eigenvalue weighted by atomic mass is 10.2. The average molecular weight is 361 g/mol. The molecule has 0 aliphatic carbocycles. The zero-order chi connectivity index (χ0) is 16.1. The Kier molecular flexibility index (Phi) is 5.59. The van der Waals surface area contributed by atoms with Gasteiger partial charge in [-0.1, -0.05) is 47.7 Å². The monoisotopic (exact) mass is 360 g/mol. The first-order valence-electron chi connectivity index (χ1n) is 7.11. The van der Waals surface area contributed by atoms with E-state index < -0.39 is 0 Å². The molecule has 0 atom stereocenters. The molecular formula is C17H16N2OS3. The topological polar surface area (TPSA) is 42.0 Å². The highest BCUT2D eigenvalue weighted by molar-refractivity contribution is 7.99. The Balaban J connectivity index is 1.57. The Morgan fingerprint density at radius 1 is 1.17 bits per heavy atom. The molecule has 6 heteroatoms. The van der Waals surface area contributed by atoms with Crippen LogP contribution in [0.2, 0.25) is 0 Å². The minimum atomic E-state index is -0.00399. The van der Waals surface area contributed by atoms with E-state index in [2.05, 4.69) is 22.4 Å². The molecule has 0 radical (unpaired) electrons. The van der Waals surface area contributed by atoms with Crippen molar-refractivity contribution in [1.82, 2.24) is 4.98 Å². The molecule has 2 aromatic carbocycles. The minimum Gasteiger partial charge on any atom is -0.301 e. The van der Waals surface area contributed by atoms with Gasteiger partial charge in [-0.25, -0.2) is 4.98 Å². The summed E-state index contributed by atoms with van der Waals surface area (Å²) >= 11 is 4.80. The highest BCUT2D eigenvalue weighted by atomic mass is 32.2. The van der Waals surface area contributed by atoms with E-state index in [0.717, 1.165) is 20.9 Å². The molecule has 0 unspecified atom stereocenters. The number of hydrogen-bond donors (Lipinski definition) is 1. The number of thiazole rings is 1. The summed E-state index contributed by atoms with van der Waals surface area (Å²) in [7, 11) is 0. The first kappa shape index (κ1) is 16.4. The largest absolute Gasteiger partial charge is 0.301 e. The van der Waals surface area contributed by atoms with Crippen LogP contribution in [0, 0.1) is 0 Å². The second kappa shape index (κ2) is 7.86. The molecule has 0 bridgehead atoms. The molecule has 0 aliphatic rings. The number of aromatic nitrogens is 1. The summed E-state index contributed by atoms with van der Waals surface area (Å²) in [5.41, 5.74) is 2.20. The van der Waals surface area contributed by atoms with Crippen molar-refractivity contribution in [3.05, 3.63) is 54.1 Å². The molecule has 0 aliphatic heterocycles. The first-order valence-corrected chi connectivity index (χ1v) is 10.3. The number of carbonyl (C=O) groups is 1. The molecule has 3 aromatic rings. The van der Waals surface area contributed by atoms with Crippen LogP contribution in [-0.2, 0) is 10.5 Å². The van der Waals surface area contributed by atoms with Crippen molar-refractivity contribution in [3.8, 4) is 0 Å². The molecular weight excluding hydrogens is 344 g/mol. The van der Waals surface area contributed by atoms with Gasteiger partial charge in [0, 0.05) is 10.6 Å². The average Bonchev–Trinajstić information content (AvgIpc) is 2.98. The van der Waals surface area contributed by atoms with Crippen LogP contribution in [0.25, 0.3) is 10.2 Å². The maximum atomic E-state index is 12.1. The van der Waals surface area contributed by atoms with E-state index in [9.17, 15) is 4.79 Å². The molecule has 1 aromatic heterocycles. The van der Waals surface area contributed by atoms with Crippen LogP contribution in [0.15, 0.2) is 53.4 Å². The molecule has 0 saturated carbocycles. The SMILES string of the molecule is CSc1cccc2sc(NC(=O)CSCc3ccccc3)nc12. The summed E-state index contributed by atoms with van der Waals surface area (Å²) < 4.78 is 1.10. The zero-order valence-electron chi connectivity index (χ0n) is 12.6. The summed E-state index contributed by atoms with van der Waals surface area (Å²) in [6.45, 7) is 0. The summed E-state index contributed by atoms with van der Waals surface area (Å²) in [6.07, 6.45) is 2.03. The van der Waals surface area contributed by atoms with Gasteiger partial charge < -0.3 is 5.32 Å². The Morgan fingerprint density at radius 3 is 2.78 bits per heavy atom. The van der Waals surface area contributed by atoms with Gasteiger partial charge in [0.05, 0.1) is 16.0 Å². The molecule has 0 fully saturated rings. The minimum absolute atomic E-state index is 0.00399. The first-order chi connectivity index (χ1) is 11.3. The predicted molar refractivity (Wildman–Crippen MR) is 103 cm³/mol. The normalized spacial score (nSPS) is 10.8. The molecule has 0 saturated heterocycles. The van der Waals surface area contributed by atoms with E-state index in [4.69, 9.17) is 0 Å². The van der Waals surface area contributed by atoms with Crippen molar-refractivity contribution in [3.63, 3.8) is 0 Å². The van der Waals surface area contributed by atoms with Gasteiger partial charge in [0.25, 0.3) is 0 Å². The number of benzene rings is 2. The Morgan fingerprint density at radius 2 is 2.00 bits per heavy atom. The van der Waals surface area contributed by atoms with Crippen LogP contribution in [0.4, 0.5) is 5.13 Å². The van der Waals surface area contributed by atoms with Crippen LogP contribution < -0.4 is 5.32 Å². The van der Waals surface area contributed by atoms with Crippen molar-refractivity contribution in [2.24, 2.45) is 0 Å². The van der Waals surface area contributed by atoms with Crippen LogP contribution >= 0.6 is 34.9 Å². The smallest absolute Gasteiger partial charge is 0.236 e. The van der Waals surface area contributed by atoms with Gasteiger partial charge in [-0.2, -0.15) is 0 Å². The van der Waals surface area contributed by atoms with Gasteiger partial charge in [0.15, 0.2) is 5.13 Å². The highest BCUT2D eigenvalue weighted by Crippen LogP contribution is 2.32. The third-order valence-electron chi connectivity index (χ3n) is 3.19. The van der Waals surface area contributed by atoms with Crippen molar-refractivity contribution in [2.45, 2.75) is 10.6 Å². The summed E-state index contributed by atoms with van der Waals surface area (Å²) in [4.78, 5) is 17.7. The Hall–Kier alpha value is -1.50. The number of fused-ring (bicyclic) bond motifs is 1. The molecule has 3 nitrogen and oxygen atoms in total. The van der Waals surface area contributed by atoms with Gasteiger partial charge in [-0.3, -0.25) is 4.79 Å². The summed E-state index contributed by atoms with van der Waals surface area (Å²) in [5.74, 6) is 1.26. The van der Waals surface area contributed by atoms with E-state index >= 15 is 0 Å². The zero-order valence-corrected chi connectivity index (χ0v) is 15.1. The predicted octanol–water partition coefficient (Wildman–Crippen LogP) is 4.89. The van der Waals surface area contributed by atoms with Crippen LogP contribution in [0.5, 0.6) is 0 Å². The van der Waals surface area contributed by atoms with Crippen molar-refractivity contribution < 1.29 is 4.79 Å². The second-order valence-corrected chi connectivity index (χ2v) is 7.72. The number of hydrogen-bond acceptors (Lipinski definition) is 5. The summed E-state index contributed by atoms with van der Waals surface area (Å²) in [6, 6.07) is 16.3. The lowest BCUT2D eigenvalue weighted by molar-refractivity contribution is -0.113. The number of rotatable bonds is 6. The quantitative estimate of drug-likeness (QED) is 0.636. The van der Waals surface area contributed by atoms with Gasteiger partial charge in [-0.15, -0.1) is 23.5 Å². The van der Waals surface area contributed by atoms with Crippen molar-refractivity contribution in [2.75, 3.05) is 17.3 Å². The second-order valence-electron chi connectivity index (χ2n) is 4.85. The fourth-order valence-corrected chi connectivity index (χ4v) is 4.46. The van der Waals surface area contributed by atoms with Crippen LogP contribution in [-0.4, -0.2) is 22.9 Å². The fourth-order valence-electron chi connectivity index (χ4n) is 2.13. The van der Waals surface area contributed by atoms with Gasteiger partial charge >= 0.3 is 0 Å². The standard InChI is InChI=1S/C17H16N2OS3/c1-21-13-8-5-9-14-16(13)19-17(23-14)18-15(20)11-22-10-12-6-3-2-4-7-12/h2-9H,10-11H2,1H3,(H,18,19,20). The number of nitrogens with zero attached hydrogens (tertiary/aromatic N) is 1. The van der Waals surface area contributed by atoms with Gasteiger partial charge in [0.1, 0.15) is 0 Å². The number of para-hydroxylation sites is 1. The molecule has 1 heterocycles. The van der Waals surface area contributed by atoms with Crippen LogP contribution in [0.1, 0.15) is 5.56 Å². The number of anilines is 1. The van der Waals surface area contributed by atoms with Gasteiger partial charge in [-0.05, 0) is 24.0 Å². The maximum absolute atomic E-state index is 12.1. The fraction of sp³-hybridized carbons (Fsp3) is 0.176. The summed E-state index contributed by atoms with van der Waals surface area (Å²) in [5, 5.41) is 3.58. The molecule has 118 valence electrons. The van der Waals surface area contributed by atoms with E-state index in [-0.39, 0.29) is 5.91 Å². The lowest BCUT2D eigenvalue weighted by Crippen LogP contribution is -2.13. The number of carbonyl (C=O) groups excluding carboxylic acids is 1. The Bertz CT molecular complexity index is 802. The third-order valence-corrected chi connectivity index (χ3v) is 5.90. The van der Waals surface area contributed by atoms with E-state index in [1.54, 1.807) is 23.5 Å². The highest BCUT2D eigenvalue weighted by Gasteiger charge is 2.10. The molecule has 3 rings (SSSR count). The van der Waals surface area contributed by atoms with E-state index in [0.29, 0.717) is 10.9 Å².